The molecule has 0 aliphatic carbocycles. The number of carbonyl (C=O) groups excluding carboxylic acids is 1. The normalized spacial score (nSPS) is 10.1. The number of anilines is 1. The summed E-state index contributed by atoms with van der Waals surface area (Å²) in [6.07, 6.45) is 0. The number of thiophene rings is 1. The molecular formula is C9H5BrClN3OS. The third kappa shape index (κ3) is 2.78. The van der Waals surface area contributed by atoms with E-state index in [1.54, 1.807) is 18.2 Å². The van der Waals surface area contributed by atoms with Gasteiger partial charge in [-0.3, -0.25) is 4.79 Å². The molecule has 0 unspecified atom stereocenters. The van der Waals surface area contributed by atoms with Gasteiger partial charge in [-0.25, -0.2) is 0 Å². The number of halogens is 2. The van der Waals surface area contributed by atoms with E-state index in [0.29, 0.717) is 10.7 Å². The van der Waals surface area contributed by atoms with Crippen LogP contribution in [0.2, 0.25) is 5.15 Å². The van der Waals surface area contributed by atoms with E-state index < -0.39 is 0 Å². The second-order valence-electron chi connectivity index (χ2n) is 2.80. The standard InChI is InChI=1S/C9H5BrClN3OS/c10-6-2-1-5(16-6)9(15)12-8-4-3-7(11)13-14-8/h1-4H,(H,12,14,15). The highest BCUT2D eigenvalue weighted by atomic mass is 79.9. The number of aromatic nitrogens is 2. The van der Waals surface area contributed by atoms with Gasteiger partial charge in [-0.1, -0.05) is 11.6 Å². The lowest BCUT2D eigenvalue weighted by Gasteiger charge is -2.00. The van der Waals surface area contributed by atoms with Crippen LogP contribution in [0.5, 0.6) is 0 Å². The topological polar surface area (TPSA) is 54.9 Å². The van der Waals surface area contributed by atoms with E-state index in [1.807, 2.05) is 6.07 Å². The zero-order valence-corrected chi connectivity index (χ0v) is 10.9. The first-order chi connectivity index (χ1) is 7.65. The molecule has 2 aromatic heterocycles. The Morgan fingerprint density at radius 1 is 1.31 bits per heavy atom. The third-order valence-corrected chi connectivity index (χ3v) is 3.49. The third-order valence-electron chi connectivity index (χ3n) is 1.67. The fraction of sp³-hybridized carbons (Fsp3) is 0. The molecule has 0 aromatic carbocycles. The number of nitrogens with one attached hydrogen (secondary N) is 1. The van der Waals surface area contributed by atoms with Crippen molar-refractivity contribution in [2.75, 3.05) is 5.32 Å². The highest BCUT2D eigenvalue weighted by Crippen LogP contribution is 2.22. The summed E-state index contributed by atoms with van der Waals surface area (Å²) in [7, 11) is 0. The highest BCUT2D eigenvalue weighted by molar-refractivity contribution is 9.11. The fourth-order valence-corrected chi connectivity index (χ4v) is 2.38. The van der Waals surface area contributed by atoms with Gasteiger partial charge in [0.2, 0.25) is 0 Å². The van der Waals surface area contributed by atoms with Crippen LogP contribution < -0.4 is 5.32 Å². The van der Waals surface area contributed by atoms with E-state index in [4.69, 9.17) is 11.6 Å². The molecule has 4 nitrogen and oxygen atoms in total. The van der Waals surface area contributed by atoms with E-state index in [-0.39, 0.29) is 11.1 Å². The van der Waals surface area contributed by atoms with Crippen LogP contribution in [0.1, 0.15) is 9.67 Å². The summed E-state index contributed by atoms with van der Waals surface area (Å²) in [4.78, 5) is 12.3. The summed E-state index contributed by atoms with van der Waals surface area (Å²) in [5.74, 6) is 0.159. The van der Waals surface area contributed by atoms with Gasteiger partial charge in [0.1, 0.15) is 0 Å². The maximum absolute atomic E-state index is 11.7. The molecule has 0 spiro atoms. The number of amides is 1. The lowest BCUT2D eigenvalue weighted by atomic mass is 10.4. The van der Waals surface area contributed by atoms with E-state index >= 15 is 0 Å². The molecule has 0 aliphatic heterocycles. The maximum Gasteiger partial charge on any atom is 0.266 e. The van der Waals surface area contributed by atoms with Gasteiger partial charge in [-0.2, -0.15) is 0 Å². The summed E-state index contributed by atoms with van der Waals surface area (Å²) >= 11 is 10.2. The second-order valence-corrected chi connectivity index (χ2v) is 5.65. The van der Waals surface area contributed by atoms with Crippen LogP contribution in [0.15, 0.2) is 28.1 Å². The van der Waals surface area contributed by atoms with Gasteiger partial charge in [0.15, 0.2) is 11.0 Å². The number of hydrogen-bond donors (Lipinski definition) is 1. The van der Waals surface area contributed by atoms with Crippen LogP contribution in [0.4, 0.5) is 5.82 Å². The summed E-state index contributed by atoms with van der Waals surface area (Å²) in [5, 5.41) is 10.3. The molecular weight excluding hydrogens is 314 g/mol. The van der Waals surface area contributed by atoms with Crippen LogP contribution in [-0.2, 0) is 0 Å². The van der Waals surface area contributed by atoms with E-state index in [0.717, 1.165) is 3.79 Å². The van der Waals surface area contributed by atoms with Crippen LogP contribution in [-0.4, -0.2) is 16.1 Å². The van der Waals surface area contributed by atoms with Gasteiger partial charge in [0.25, 0.3) is 5.91 Å². The van der Waals surface area contributed by atoms with Gasteiger partial charge in [-0.05, 0) is 40.2 Å². The fourth-order valence-electron chi connectivity index (χ4n) is 0.997. The molecule has 0 bridgehead atoms. The lowest BCUT2D eigenvalue weighted by Crippen LogP contribution is -2.11. The van der Waals surface area contributed by atoms with Gasteiger partial charge in [0.05, 0.1) is 8.66 Å². The zero-order chi connectivity index (χ0) is 11.5. The highest BCUT2D eigenvalue weighted by Gasteiger charge is 2.09. The molecule has 0 saturated heterocycles. The SMILES string of the molecule is O=C(Nc1ccc(Cl)nn1)c1ccc(Br)s1. The van der Waals surface area contributed by atoms with Crippen molar-refractivity contribution >= 4 is 50.6 Å². The van der Waals surface area contributed by atoms with Crippen molar-refractivity contribution in [3.05, 3.63) is 38.1 Å². The second kappa shape index (κ2) is 4.90. The molecule has 82 valence electrons. The predicted octanol–water partition coefficient (Wildman–Crippen LogP) is 3.21. The molecule has 2 rings (SSSR count). The summed E-state index contributed by atoms with van der Waals surface area (Å²) < 4.78 is 0.903. The quantitative estimate of drug-likeness (QED) is 0.925. The van der Waals surface area contributed by atoms with Crippen molar-refractivity contribution < 1.29 is 4.79 Å². The first-order valence-electron chi connectivity index (χ1n) is 4.21. The van der Waals surface area contributed by atoms with Crippen molar-refractivity contribution in [2.24, 2.45) is 0 Å². The summed E-state index contributed by atoms with van der Waals surface area (Å²) in [6.45, 7) is 0. The average Bonchev–Trinajstić information content (AvgIpc) is 2.68. The van der Waals surface area contributed by atoms with E-state index in [2.05, 4.69) is 31.4 Å². The molecule has 16 heavy (non-hydrogen) atoms. The Labute approximate surface area is 109 Å². The molecule has 2 heterocycles. The molecule has 0 atom stereocenters. The largest absolute Gasteiger partial charge is 0.304 e. The zero-order valence-electron chi connectivity index (χ0n) is 7.78. The van der Waals surface area contributed by atoms with Gasteiger partial charge in [0, 0.05) is 0 Å². The molecule has 0 fully saturated rings. The van der Waals surface area contributed by atoms with Gasteiger partial charge >= 0.3 is 0 Å². The first kappa shape index (κ1) is 11.5. The van der Waals surface area contributed by atoms with E-state index in [9.17, 15) is 4.79 Å². The van der Waals surface area contributed by atoms with E-state index in [1.165, 1.54) is 11.3 Å². The van der Waals surface area contributed by atoms with Crippen LogP contribution in [0.25, 0.3) is 0 Å². The minimum atomic E-state index is -0.215. The Bertz CT molecular complexity index is 514. The number of carbonyl (C=O) groups is 1. The molecule has 1 N–H and O–H groups in total. The van der Waals surface area contributed by atoms with Crippen LogP contribution >= 0.6 is 38.9 Å². The maximum atomic E-state index is 11.7. The lowest BCUT2D eigenvalue weighted by molar-refractivity contribution is 0.103. The van der Waals surface area contributed by atoms with Crippen molar-refractivity contribution in [3.63, 3.8) is 0 Å². The monoisotopic (exact) mass is 317 g/mol. The molecule has 0 saturated carbocycles. The van der Waals surface area contributed by atoms with Crippen molar-refractivity contribution in [1.82, 2.24) is 10.2 Å². The minimum Gasteiger partial charge on any atom is -0.304 e. The predicted molar refractivity (Wildman–Crippen MR) is 67.0 cm³/mol. The number of hydrogen-bond acceptors (Lipinski definition) is 4. The Hall–Kier alpha value is -0.980. The summed E-state index contributed by atoms with van der Waals surface area (Å²) in [5.41, 5.74) is 0. The van der Waals surface area contributed by atoms with Crippen molar-refractivity contribution in [2.45, 2.75) is 0 Å². The van der Waals surface area contributed by atoms with Crippen LogP contribution in [0.3, 0.4) is 0 Å². The molecule has 0 aliphatic rings. The molecule has 1 amide bonds. The van der Waals surface area contributed by atoms with Gasteiger partial charge in [-0.15, -0.1) is 21.5 Å². The Balaban J connectivity index is 2.10. The number of nitrogens with zero attached hydrogens (tertiary/aromatic N) is 2. The van der Waals surface area contributed by atoms with Crippen molar-refractivity contribution in [1.29, 1.82) is 0 Å². The minimum absolute atomic E-state index is 0.215. The smallest absolute Gasteiger partial charge is 0.266 e. The molecule has 7 heteroatoms. The average molecular weight is 319 g/mol. The Morgan fingerprint density at radius 3 is 2.69 bits per heavy atom. The Morgan fingerprint density at radius 2 is 2.12 bits per heavy atom. The van der Waals surface area contributed by atoms with Crippen molar-refractivity contribution in [3.8, 4) is 0 Å². The molecule has 0 radical (unpaired) electrons. The van der Waals surface area contributed by atoms with Crippen LogP contribution in [0, 0.1) is 0 Å². The molecule has 2 aromatic rings. The first-order valence-corrected chi connectivity index (χ1v) is 6.20. The number of rotatable bonds is 2. The van der Waals surface area contributed by atoms with Gasteiger partial charge < -0.3 is 5.32 Å². The Kier molecular flexibility index (Phi) is 3.52. The summed E-state index contributed by atoms with van der Waals surface area (Å²) in [6, 6.07) is 6.70.